The maximum Gasteiger partial charge on any atom is 0.0906 e. The van der Waals surface area contributed by atoms with E-state index in [-0.39, 0.29) is 26.0 Å². The van der Waals surface area contributed by atoms with Gasteiger partial charge in [0.15, 0.2) is 0 Å². The molecule has 0 aromatic heterocycles. The highest BCUT2D eigenvalue weighted by Gasteiger charge is 2.17. The quantitative estimate of drug-likeness (QED) is 0.588. The lowest BCUT2D eigenvalue weighted by Crippen LogP contribution is -2.11. The molecule has 0 bridgehead atoms. The van der Waals surface area contributed by atoms with Gasteiger partial charge in [-0.05, 0) is 6.42 Å². The number of hydrogen-bond donors (Lipinski definition) is 1. The van der Waals surface area contributed by atoms with Crippen LogP contribution in [0.2, 0.25) is 0 Å². The summed E-state index contributed by atoms with van der Waals surface area (Å²) in [5, 5.41) is 8.89. The number of allylic oxidation sites excluding steroid dienone is 1. The molecule has 0 aliphatic carbocycles. The highest BCUT2D eigenvalue weighted by molar-refractivity contribution is 4.94. The summed E-state index contributed by atoms with van der Waals surface area (Å²) in [6.07, 6.45) is 0.933. The van der Waals surface area contributed by atoms with Crippen molar-refractivity contribution in [3.8, 4) is 0 Å². The van der Waals surface area contributed by atoms with Crippen molar-refractivity contribution >= 4 is 0 Å². The molecule has 0 amide bonds. The van der Waals surface area contributed by atoms with E-state index >= 15 is 0 Å². The van der Waals surface area contributed by atoms with E-state index in [0.717, 1.165) is 6.42 Å². The second-order valence-electron chi connectivity index (χ2n) is 2.68. The van der Waals surface area contributed by atoms with E-state index in [0.29, 0.717) is 0 Å². The number of hydrogen-bond acceptors (Lipinski definition) is 1. The van der Waals surface area contributed by atoms with E-state index in [1.165, 1.54) is 0 Å². The maximum atomic E-state index is 8.89. The Morgan fingerprint density at radius 2 is 1.70 bits per heavy atom. The van der Waals surface area contributed by atoms with Gasteiger partial charge < -0.3 is 5.11 Å². The monoisotopic (exact) mass is 146 g/mol. The predicted octanol–water partition coefficient (Wildman–Crippen LogP) is 3.77. The van der Waals surface area contributed by atoms with Crippen molar-refractivity contribution in [1.82, 2.24) is 0 Å². The van der Waals surface area contributed by atoms with E-state index in [9.17, 15) is 0 Å². The SMILES string of the molecule is C.C.C=C(O)C(C)(C)CC. The molecule has 0 saturated heterocycles. The lowest BCUT2D eigenvalue weighted by molar-refractivity contribution is 0.254. The fourth-order valence-electron chi connectivity index (χ4n) is 0.204. The van der Waals surface area contributed by atoms with Crippen molar-refractivity contribution in [1.29, 1.82) is 0 Å². The Bertz CT molecular complexity index is 92.9. The minimum Gasteiger partial charge on any atom is -0.512 e. The van der Waals surface area contributed by atoms with Gasteiger partial charge in [0.2, 0.25) is 0 Å². The van der Waals surface area contributed by atoms with Crippen molar-refractivity contribution in [3.05, 3.63) is 12.3 Å². The molecule has 1 N–H and O–H groups in total. The lowest BCUT2D eigenvalue weighted by atomic mass is 9.89. The minimum atomic E-state index is -0.0972. The summed E-state index contributed by atoms with van der Waals surface area (Å²) in [7, 11) is 0. The van der Waals surface area contributed by atoms with Gasteiger partial charge in [-0.2, -0.15) is 0 Å². The maximum absolute atomic E-state index is 8.89. The molecule has 0 aromatic carbocycles. The van der Waals surface area contributed by atoms with Crippen LogP contribution in [0.4, 0.5) is 0 Å². The Balaban J connectivity index is -0.000000245. The van der Waals surface area contributed by atoms with Crippen molar-refractivity contribution < 1.29 is 5.11 Å². The second kappa shape index (κ2) is 5.33. The molecular formula is C9H22O. The highest BCUT2D eigenvalue weighted by Crippen LogP contribution is 2.25. The lowest BCUT2D eigenvalue weighted by Gasteiger charge is -2.19. The average molecular weight is 146 g/mol. The van der Waals surface area contributed by atoms with Crippen LogP contribution in [0, 0.1) is 5.41 Å². The van der Waals surface area contributed by atoms with Crippen molar-refractivity contribution in [2.75, 3.05) is 0 Å². The van der Waals surface area contributed by atoms with Crippen LogP contribution in [-0.2, 0) is 0 Å². The molecule has 0 spiro atoms. The smallest absolute Gasteiger partial charge is 0.0906 e. The third-order valence-electron chi connectivity index (χ3n) is 1.67. The summed E-state index contributed by atoms with van der Waals surface area (Å²) in [6, 6.07) is 0. The minimum absolute atomic E-state index is 0. The summed E-state index contributed by atoms with van der Waals surface area (Å²) >= 11 is 0. The topological polar surface area (TPSA) is 20.2 Å². The molecule has 0 saturated carbocycles. The molecule has 0 aromatic rings. The molecule has 0 heterocycles. The Labute approximate surface area is 65.8 Å². The molecule has 0 atom stereocenters. The molecule has 0 radical (unpaired) electrons. The Hall–Kier alpha value is -0.460. The molecule has 0 rings (SSSR count). The number of rotatable bonds is 2. The fraction of sp³-hybridized carbons (Fsp3) is 0.778. The summed E-state index contributed by atoms with van der Waals surface area (Å²) in [5.41, 5.74) is -0.0972. The summed E-state index contributed by atoms with van der Waals surface area (Å²) in [4.78, 5) is 0. The van der Waals surface area contributed by atoms with Crippen molar-refractivity contribution in [3.63, 3.8) is 0 Å². The third kappa shape index (κ3) is 4.42. The molecule has 1 heteroatoms. The van der Waals surface area contributed by atoms with E-state index in [1.807, 2.05) is 20.8 Å². The van der Waals surface area contributed by atoms with Gasteiger partial charge in [0, 0.05) is 5.41 Å². The first-order chi connectivity index (χ1) is 3.50. The Morgan fingerprint density at radius 1 is 1.40 bits per heavy atom. The van der Waals surface area contributed by atoms with Gasteiger partial charge in [0.25, 0.3) is 0 Å². The predicted molar refractivity (Wildman–Crippen MR) is 49.3 cm³/mol. The Morgan fingerprint density at radius 3 is 1.70 bits per heavy atom. The van der Waals surface area contributed by atoms with Gasteiger partial charge in [-0.25, -0.2) is 0 Å². The van der Waals surface area contributed by atoms with Gasteiger partial charge in [0.1, 0.15) is 0 Å². The van der Waals surface area contributed by atoms with Crippen molar-refractivity contribution in [2.45, 2.75) is 42.0 Å². The summed E-state index contributed by atoms with van der Waals surface area (Å²) in [6.45, 7) is 9.42. The summed E-state index contributed by atoms with van der Waals surface area (Å²) < 4.78 is 0. The highest BCUT2D eigenvalue weighted by atomic mass is 16.3. The molecular weight excluding hydrogens is 124 g/mol. The molecule has 0 fully saturated rings. The average Bonchev–Trinajstić information content (AvgIpc) is 1.67. The van der Waals surface area contributed by atoms with Gasteiger partial charge >= 0.3 is 0 Å². The fourth-order valence-corrected chi connectivity index (χ4v) is 0.204. The number of aliphatic hydroxyl groups is 1. The number of aliphatic hydroxyl groups excluding tert-OH is 1. The van der Waals surface area contributed by atoms with Crippen LogP contribution in [0.25, 0.3) is 0 Å². The first-order valence-electron chi connectivity index (χ1n) is 2.89. The van der Waals surface area contributed by atoms with Crippen LogP contribution in [0.15, 0.2) is 12.3 Å². The van der Waals surface area contributed by atoms with Crippen molar-refractivity contribution in [2.24, 2.45) is 5.41 Å². The molecule has 64 valence electrons. The Kier molecular flexibility index (Phi) is 8.68. The standard InChI is InChI=1S/C7H14O.2CH4/c1-5-7(3,4)6(2)8;;/h8H,2,5H2,1,3-4H3;2*1H4. The zero-order chi connectivity index (χ0) is 6.78. The van der Waals surface area contributed by atoms with Crippen LogP contribution in [0.1, 0.15) is 42.0 Å². The van der Waals surface area contributed by atoms with Gasteiger partial charge in [-0.1, -0.05) is 42.2 Å². The first-order valence-corrected chi connectivity index (χ1v) is 2.89. The molecule has 0 aliphatic rings. The van der Waals surface area contributed by atoms with Gasteiger partial charge in [-0.3, -0.25) is 0 Å². The second-order valence-corrected chi connectivity index (χ2v) is 2.68. The van der Waals surface area contributed by atoms with Crippen LogP contribution in [0.5, 0.6) is 0 Å². The normalized spacial score (nSPS) is 9.10. The van der Waals surface area contributed by atoms with Crippen LogP contribution < -0.4 is 0 Å². The molecule has 0 aliphatic heterocycles. The van der Waals surface area contributed by atoms with Gasteiger partial charge in [0.05, 0.1) is 5.76 Å². The van der Waals surface area contributed by atoms with Crippen LogP contribution >= 0.6 is 0 Å². The van der Waals surface area contributed by atoms with Gasteiger partial charge in [-0.15, -0.1) is 0 Å². The molecule has 0 unspecified atom stereocenters. The summed E-state index contributed by atoms with van der Waals surface area (Å²) in [5.74, 6) is 0.278. The van der Waals surface area contributed by atoms with E-state index in [2.05, 4.69) is 6.58 Å². The van der Waals surface area contributed by atoms with Crippen LogP contribution in [0.3, 0.4) is 0 Å². The zero-order valence-corrected chi connectivity index (χ0v) is 5.86. The molecule has 1 nitrogen and oxygen atoms in total. The third-order valence-corrected chi connectivity index (χ3v) is 1.67. The van der Waals surface area contributed by atoms with E-state index < -0.39 is 0 Å². The zero-order valence-electron chi connectivity index (χ0n) is 5.86. The van der Waals surface area contributed by atoms with Crippen LogP contribution in [-0.4, -0.2) is 5.11 Å². The first kappa shape index (κ1) is 16.3. The molecule has 10 heavy (non-hydrogen) atoms. The largest absolute Gasteiger partial charge is 0.512 e. The van der Waals surface area contributed by atoms with E-state index in [4.69, 9.17) is 5.11 Å². The van der Waals surface area contributed by atoms with E-state index in [1.54, 1.807) is 0 Å².